The highest BCUT2D eigenvalue weighted by atomic mass is 79.9. The summed E-state index contributed by atoms with van der Waals surface area (Å²) in [7, 11) is 1.51. The molecule has 0 aliphatic rings. The third kappa shape index (κ3) is 2.03. The fourth-order valence-corrected chi connectivity index (χ4v) is 1.64. The summed E-state index contributed by atoms with van der Waals surface area (Å²) in [4.78, 5) is 11.1. The molecule has 0 bridgehead atoms. The normalized spacial score (nSPS) is 9.85. The van der Waals surface area contributed by atoms with Crippen molar-refractivity contribution in [1.82, 2.24) is 0 Å². The minimum absolute atomic E-state index is 0.415. The van der Waals surface area contributed by atoms with Gasteiger partial charge in [0.2, 0.25) is 0 Å². The summed E-state index contributed by atoms with van der Waals surface area (Å²) in [5, 5.41) is -0.504. The lowest BCUT2D eigenvalue weighted by molar-refractivity contribution is 0.107. The Morgan fingerprint density at radius 2 is 2.15 bits per heavy atom. The first-order valence-electron chi connectivity index (χ1n) is 3.61. The third-order valence-corrected chi connectivity index (χ3v) is 2.83. The summed E-state index contributed by atoms with van der Waals surface area (Å²) in [5.41, 5.74) is 1.21. The molecule has 0 unspecified atom stereocenters. The molecular formula is C9H8BrClO2. The molecule has 2 nitrogen and oxygen atoms in total. The zero-order valence-electron chi connectivity index (χ0n) is 7.23. The van der Waals surface area contributed by atoms with Gasteiger partial charge in [-0.1, -0.05) is 15.9 Å². The van der Waals surface area contributed by atoms with Crippen LogP contribution in [0, 0.1) is 6.92 Å². The molecule has 1 aromatic rings. The largest absolute Gasteiger partial charge is 0.496 e. The molecular weight excluding hydrogens is 255 g/mol. The Morgan fingerprint density at radius 3 is 2.62 bits per heavy atom. The van der Waals surface area contributed by atoms with Gasteiger partial charge in [0.05, 0.1) is 12.7 Å². The van der Waals surface area contributed by atoms with E-state index in [0.29, 0.717) is 11.3 Å². The van der Waals surface area contributed by atoms with Crippen LogP contribution in [0.5, 0.6) is 5.75 Å². The number of halogens is 2. The van der Waals surface area contributed by atoms with E-state index < -0.39 is 5.24 Å². The predicted octanol–water partition coefficient (Wildman–Crippen LogP) is 3.15. The molecule has 4 heteroatoms. The van der Waals surface area contributed by atoms with Gasteiger partial charge in [-0.3, -0.25) is 4.79 Å². The standard InChI is InChI=1S/C9H8BrClO2/c1-5-6(10)3-4-7(13-2)8(5)9(11)12/h3-4H,1-2H3. The molecule has 0 heterocycles. The number of carbonyl (C=O) groups excluding carboxylic acids is 1. The van der Waals surface area contributed by atoms with Gasteiger partial charge in [-0.2, -0.15) is 0 Å². The maximum Gasteiger partial charge on any atom is 0.256 e. The number of hydrogen-bond donors (Lipinski definition) is 0. The molecule has 0 aliphatic carbocycles. The molecule has 1 aromatic carbocycles. The smallest absolute Gasteiger partial charge is 0.256 e. The topological polar surface area (TPSA) is 26.3 Å². The molecule has 0 spiro atoms. The van der Waals surface area contributed by atoms with Crippen LogP contribution in [0.15, 0.2) is 16.6 Å². The Kier molecular flexibility index (Phi) is 3.33. The van der Waals surface area contributed by atoms with Gasteiger partial charge < -0.3 is 4.74 Å². The van der Waals surface area contributed by atoms with Crippen molar-refractivity contribution in [1.29, 1.82) is 0 Å². The molecule has 1 rings (SSSR count). The van der Waals surface area contributed by atoms with Crippen LogP contribution >= 0.6 is 27.5 Å². The van der Waals surface area contributed by atoms with Gasteiger partial charge in [-0.15, -0.1) is 0 Å². The lowest BCUT2D eigenvalue weighted by Crippen LogP contribution is -1.99. The molecule has 0 saturated carbocycles. The van der Waals surface area contributed by atoms with Crippen molar-refractivity contribution < 1.29 is 9.53 Å². The summed E-state index contributed by atoms with van der Waals surface area (Å²) in [6, 6.07) is 3.52. The number of benzene rings is 1. The summed E-state index contributed by atoms with van der Waals surface area (Å²) in [6.07, 6.45) is 0. The van der Waals surface area contributed by atoms with Gasteiger partial charge in [0.25, 0.3) is 5.24 Å². The second-order valence-electron chi connectivity index (χ2n) is 2.52. The fraction of sp³-hybridized carbons (Fsp3) is 0.222. The first-order valence-corrected chi connectivity index (χ1v) is 4.78. The van der Waals surface area contributed by atoms with Crippen molar-refractivity contribution in [3.63, 3.8) is 0 Å². The molecule has 0 N–H and O–H groups in total. The van der Waals surface area contributed by atoms with Gasteiger partial charge >= 0.3 is 0 Å². The highest BCUT2D eigenvalue weighted by Crippen LogP contribution is 2.29. The number of rotatable bonds is 2. The average molecular weight is 264 g/mol. The van der Waals surface area contributed by atoms with Crippen LogP contribution < -0.4 is 4.74 Å². The Bertz CT molecular complexity index is 350. The molecule has 13 heavy (non-hydrogen) atoms. The maximum atomic E-state index is 11.1. The lowest BCUT2D eigenvalue weighted by Gasteiger charge is -2.08. The summed E-state index contributed by atoms with van der Waals surface area (Å²) >= 11 is 8.74. The van der Waals surface area contributed by atoms with Crippen LogP contribution in [0.3, 0.4) is 0 Å². The van der Waals surface area contributed by atoms with Gasteiger partial charge in [-0.25, -0.2) is 0 Å². The minimum Gasteiger partial charge on any atom is -0.496 e. The molecule has 0 radical (unpaired) electrons. The molecule has 0 fully saturated rings. The lowest BCUT2D eigenvalue weighted by atomic mass is 10.1. The molecule has 0 aliphatic heterocycles. The monoisotopic (exact) mass is 262 g/mol. The number of methoxy groups -OCH3 is 1. The Balaban J connectivity index is 3.41. The second-order valence-corrected chi connectivity index (χ2v) is 3.72. The first kappa shape index (κ1) is 10.5. The summed E-state index contributed by atoms with van der Waals surface area (Å²) in [6.45, 7) is 1.81. The Hall–Kier alpha value is -0.540. The zero-order chi connectivity index (χ0) is 10.0. The Labute approximate surface area is 90.0 Å². The van der Waals surface area contributed by atoms with E-state index in [1.165, 1.54) is 7.11 Å². The number of carbonyl (C=O) groups is 1. The average Bonchev–Trinajstić information content (AvgIpc) is 2.08. The van der Waals surface area contributed by atoms with Gasteiger partial charge in [0.15, 0.2) is 0 Å². The van der Waals surface area contributed by atoms with Crippen LogP contribution in [0.4, 0.5) is 0 Å². The van der Waals surface area contributed by atoms with E-state index in [4.69, 9.17) is 16.3 Å². The fourth-order valence-electron chi connectivity index (χ4n) is 1.08. The van der Waals surface area contributed by atoms with Crippen molar-refractivity contribution in [3.05, 3.63) is 27.7 Å². The molecule has 0 amide bonds. The maximum absolute atomic E-state index is 11.1. The third-order valence-electron chi connectivity index (χ3n) is 1.78. The van der Waals surface area contributed by atoms with Crippen molar-refractivity contribution in [2.75, 3.05) is 7.11 Å². The first-order chi connectivity index (χ1) is 6.07. The van der Waals surface area contributed by atoms with Gasteiger partial charge in [0.1, 0.15) is 5.75 Å². The van der Waals surface area contributed by atoms with E-state index in [1.54, 1.807) is 6.07 Å². The molecule has 70 valence electrons. The second kappa shape index (κ2) is 4.11. The summed E-state index contributed by atoms with van der Waals surface area (Å²) in [5.74, 6) is 0.501. The quantitative estimate of drug-likeness (QED) is 0.766. The van der Waals surface area contributed by atoms with E-state index in [-0.39, 0.29) is 0 Å². The van der Waals surface area contributed by atoms with Crippen molar-refractivity contribution in [3.8, 4) is 5.75 Å². The number of ether oxygens (including phenoxy) is 1. The minimum atomic E-state index is -0.504. The van der Waals surface area contributed by atoms with Gasteiger partial charge in [0, 0.05) is 4.47 Å². The SMILES string of the molecule is COc1ccc(Br)c(C)c1C(=O)Cl. The van der Waals surface area contributed by atoms with Crippen LogP contribution in [0.25, 0.3) is 0 Å². The van der Waals surface area contributed by atoms with Crippen molar-refractivity contribution in [2.24, 2.45) is 0 Å². The zero-order valence-corrected chi connectivity index (χ0v) is 9.57. The highest BCUT2D eigenvalue weighted by molar-refractivity contribution is 9.10. The van der Waals surface area contributed by atoms with Crippen molar-refractivity contribution in [2.45, 2.75) is 6.92 Å². The van der Waals surface area contributed by atoms with E-state index in [9.17, 15) is 4.79 Å². The van der Waals surface area contributed by atoms with Crippen LogP contribution in [0.2, 0.25) is 0 Å². The van der Waals surface area contributed by atoms with Crippen molar-refractivity contribution >= 4 is 32.8 Å². The van der Waals surface area contributed by atoms with E-state index in [0.717, 1.165) is 10.0 Å². The van der Waals surface area contributed by atoms with E-state index >= 15 is 0 Å². The number of hydrogen-bond acceptors (Lipinski definition) is 2. The highest BCUT2D eigenvalue weighted by Gasteiger charge is 2.14. The summed E-state index contributed by atoms with van der Waals surface area (Å²) < 4.78 is 5.86. The van der Waals surface area contributed by atoms with Crippen LogP contribution in [0.1, 0.15) is 15.9 Å². The van der Waals surface area contributed by atoms with E-state index in [1.807, 2.05) is 13.0 Å². The van der Waals surface area contributed by atoms with E-state index in [2.05, 4.69) is 15.9 Å². The van der Waals surface area contributed by atoms with Crippen LogP contribution in [-0.2, 0) is 0 Å². The molecule has 0 aromatic heterocycles. The molecule has 0 atom stereocenters. The predicted molar refractivity (Wildman–Crippen MR) is 55.6 cm³/mol. The Morgan fingerprint density at radius 1 is 1.54 bits per heavy atom. The van der Waals surface area contributed by atoms with Crippen LogP contribution in [-0.4, -0.2) is 12.4 Å². The van der Waals surface area contributed by atoms with Gasteiger partial charge in [-0.05, 0) is 36.2 Å². The molecule has 0 saturated heterocycles.